The number of H-pyrrole nitrogens is 1. The van der Waals surface area contributed by atoms with E-state index in [1.807, 2.05) is 0 Å². The predicted molar refractivity (Wildman–Crippen MR) is 190 cm³/mol. The van der Waals surface area contributed by atoms with E-state index in [1.54, 1.807) is 0 Å². The summed E-state index contributed by atoms with van der Waals surface area (Å²) in [5.41, 5.74) is -1.47. The van der Waals surface area contributed by atoms with E-state index in [9.17, 15) is 61.7 Å². The van der Waals surface area contributed by atoms with E-state index >= 15 is 0 Å². The average Bonchev–Trinajstić information content (AvgIpc) is 3.61. The van der Waals surface area contributed by atoms with Crippen LogP contribution in [0.5, 0.6) is 17.4 Å². The Bertz CT molecular complexity index is 2950. The quantitative estimate of drug-likeness (QED) is 0.0426. The molecule has 0 radical (unpaired) electrons. The van der Waals surface area contributed by atoms with Crippen molar-refractivity contribution in [2.75, 3.05) is 0 Å². The maximum atomic E-state index is 12.6. The normalized spacial score (nSPS) is 11.0. The van der Waals surface area contributed by atoms with Crippen molar-refractivity contribution in [3.8, 4) is 28.8 Å². The maximum Gasteiger partial charge on any atom is 3.00 e. The van der Waals surface area contributed by atoms with Crippen LogP contribution in [0.2, 0.25) is 0 Å². The molecule has 2 aromatic heterocycles. The first-order valence-electron chi connectivity index (χ1n) is 15.6. The van der Waals surface area contributed by atoms with Gasteiger partial charge in [0.15, 0.2) is 5.69 Å². The maximum absolute atomic E-state index is 12.6. The van der Waals surface area contributed by atoms with Crippen molar-refractivity contribution in [1.82, 2.24) is 19.6 Å². The van der Waals surface area contributed by atoms with E-state index in [-0.39, 0.29) is 167 Å². The molecule has 62 heavy (non-hydrogen) atoms. The van der Waals surface area contributed by atoms with Gasteiger partial charge in [0.2, 0.25) is 0 Å². The number of hydrogen-bond acceptors (Lipinski definition) is 18. The predicted octanol–water partition coefficient (Wildman–Crippen LogP) is -5.32. The number of nitro groups is 2. The Morgan fingerprint density at radius 2 is 1.11 bits per heavy atom. The third-order valence-corrected chi connectivity index (χ3v) is 9.33. The number of rotatable bonds is 10. The molecular formula is C32H22CoN10Na3O14S2+2. The summed E-state index contributed by atoms with van der Waals surface area (Å²) in [5.74, 6) is -1.94. The second kappa shape index (κ2) is 23.0. The van der Waals surface area contributed by atoms with E-state index < -0.39 is 57.9 Å². The van der Waals surface area contributed by atoms with Crippen LogP contribution in [0.4, 0.5) is 34.1 Å². The minimum Gasteiger partial charge on any atom is -0.871 e. The van der Waals surface area contributed by atoms with Gasteiger partial charge < -0.3 is 19.9 Å². The van der Waals surface area contributed by atoms with E-state index in [2.05, 4.69) is 30.7 Å². The van der Waals surface area contributed by atoms with Crippen molar-refractivity contribution < 1.29 is 157 Å². The Morgan fingerprint density at radius 1 is 0.677 bits per heavy atom. The number of nitro benzene ring substituents is 2. The number of azo groups is 2. The van der Waals surface area contributed by atoms with Gasteiger partial charge in [-0.2, -0.15) is 23.7 Å². The Hall–Kier alpha value is -4.17. The molecule has 0 aliphatic rings. The fraction of sp³-hybridized carbons (Fsp3) is 0.0625. The number of hydrogen-bond donors (Lipinski definition) is 2. The minimum absolute atomic E-state index is 0. The summed E-state index contributed by atoms with van der Waals surface area (Å²) in [7, 11) is -9.01. The van der Waals surface area contributed by atoms with Crippen LogP contribution in [0.1, 0.15) is 11.4 Å². The van der Waals surface area contributed by atoms with Crippen LogP contribution < -0.4 is 110 Å². The summed E-state index contributed by atoms with van der Waals surface area (Å²) in [4.78, 5) is 32.0. The molecule has 2 N–H and O–H groups in total. The first kappa shape index (κ1) is 55.8. The Labute approximate surface area is 425 Å². The summed E-state index contributed by atoms with van der Waals surface area (Å²) in [6, 6.07) is 15.2. The molecule has 30 heteroatoms. The number of aryl methyl sites for hydroxylation is 2. The van der Waals surface area contributed by atoms with Crippen molar-refractivity contribution in [1.29, 1.82) is 0 Å². The van der Waals surface area contributed by atoms with Crippen molar-refractivity contribution in [2.24, 2.45) is 20.5 Å². The fourth-order valence-corrected chi connectivity index (χ4v) is 5.70. The molecule has 0 spiro atoms. The van der Waals surface area contributed by atoms with E-state index in [0.29, 0.717) is 0 Å². The number of benzene rings is 4. The molecule has 6 aromatic rings. The molecule has 2 heterocycles. The van der Waals surface area contributed by atoms with Gasteiger partial charge in [-0.1, -0.05) is 23.6 Å². The van der Waals surface area contributed by atoms with Crippen LogP contribution in [0.25, 0.3) is 11.4 Å². The summed E-state index contributed by atoms with van der Waals surface area (Å²) in [6.07, 6.45) is 0. The second-order valence-electron chi connectivity index (χ2n) is 11.5. The van der Waals surface area contributed by atoms with Gasteiger partial charge in [0.1, 0.15) is 15.8 Å². The molecule has 0 aliphatic heterocycles. The molecule has 0 aliphatic carbocycles. The van der Waals surface area contributed by atoms with Crippen molar-refractivity contribution in [3.63, 3.8) is 0 Å². The van der Waals surface area contributed by atoms with Gasteiger partial charge in [-0.25, -0.2) is 17.8 Å². The molecular weight excluding hydrogens is 940 g/mol. The van der Waals surface area contributed by atoms with Gasteiger partial charge in [-0.3, -0.25) is 34.7 Å². The molecule has 0 amide bonds. The Morgan fingerprint density at radius 3 is 1.55 bits per heavy atom. The average molecular weight is 963 g/mol. The molecule has 6 rings (SSSR count). The summed E-state index contributed by atoms with van der Waals surface area (Å²) >= 11 is 0. The van der Waals surface area contributed by atoms with Gasteiger partial charge in [0, 0.05) is 30.1 Å². The zero-order chi connectivity index (χ0) is 42.7. The van der Waals surface area contributed by atoms with E-state index in [4.69, 9.17) is 4.55 Å². The first-order chi connectivity index (χ1) is 27.1. The van der Waals surface area contributed by atoms with Crippen LogP contribution in [0.15, 0.2) is 120 Å². The topological polar surface area (TPSA) is 372 Å². The van der Waals surface area contributed by atoms with Crippen molar-refractivity contribution in [3.05, 3.63) is 127 Å². The molecule has 0 unspecified atom stereocenters. The third kappa shape index (κ3) is 13.4. The minimum atomic E-state index is -4.64. The monoisotopic (exact) mass is 962 g/mol. The Kier molecular flexibility index (Phi) is 20.7. The van der Waals surface area contributed by atoms with Crippen LogP contribution in [0, 0.1) is 34.1 Å². The van der Waals surface area contributed by atoms with Gasteiger partial charge >= 0.3 is 105 Å². The number of nitrogens with one attached hydrogen (secondary N) is 1. The summed E-state index contributed by atoms with van der Waals surface area (Å²) < 4.78 is 66.1. The summed E-state index contributed by atoms with van der Waals surface area (Å²) in [6.45, 7) is 2.97. The first-order valence-corrected chi connectivity index (χ1v) is 18.5. The Balaban J connectivity index is 0.000000582. The number of nitrogens with zero attached hydrogens (tertiary/aromatic N) is 9. The van der Waals surface area contributed by atoms with E-state index in [0.717, 1.165) is 70.0 Å². The van der Waals surface area contributed by atoms with Gasteiger partial charge in [-0.05, 0) is 62.4 Å². The molecule has 0 saturated carbocycles. The van der Waals surface area contributed by atoms with Gasteiger partial charge in [0.05, 0.1) is 53.8 Å². The summed E-state index contributed by atoms with van der Waals surface area (Å²) in [5, 5.41) is 79.1. The van der Waals surface area contributed by atoms with Crippen LogP contribution in [-0.2, 0) is 37.0 Å². The standard InChI is InChI=1S/2C16H13N5O7S.Co.3Na/c2*1-9-15(18-17-13-8-11(21(24)25)4-7-14(13)22)16(23)20(19-9)10-2-5-12(6-3-10)29(26,27)28;;;;/h2-8,22-23H,1H3,(H,26,27,28);2-8,19,22H,1H3,(H,26,27,28);;;;/q;;+3;3*+1/p-4. The van der Waals surface area contributed by atoms with Crippen molar-refractivity contribution in [2.45, 2.75) is 23.6 Å². The van der Waals surface area contributed by atoms with Crippen LogP contribution in [0.3, 0.4) is 0 Å². The molecule has 0 saturated heterocycles. The van der Waals surface area contributed by atoms with Crippen molar-refractivity contribution >= 4 is 54.4 Å². The molecule has 0 bridgehead atoms. The number of aromatic amines is 1. The van der Waals surface area contributed by atoms with Crippen LogP contribution in [-0.4, -0.2) is 55.3 Å². The second-order valence-corrected chi connectivity index (χ2v) is 14.3. The third-order valence-electron chi connectivity index (χ3n) is 7.61. The largest absolute Gasteiger partial charge is 3.00 e. The van der Waals surface area contributed by atoms with Gasteiger partial charge in [-0.15, -0.1) is 10.2 Å². The zero-order valence-electron chi connectivity index (χ0n) is 32.5. The molecule has 24 nitrogen and oxygen atoms in total. The molecule has 0 fully saturated rings. The zero-order valence-corrected chi connectivity index (χ0v) is 41.2. The molecule has 4 aromatic carbocycles. The molecule has 306 valence electrons. The fourth-order valence-electron chi connectivity index (χ4n) is 4.75. The smallest absolute Gasteiger partial charge is 0.871 e. The number of non-ortho nitro benzene ring substituents is 2. The molecule has 0 atom stereocenters. The SMILES string of the molecule is Cc1[nH]n(-c2ccc(S(=O)(=O)O)cc2)c(=O)c1N=Nc1cc([N+](=O)[O-])ccc1[O-].Cc1nn(-c2ccc(S(=O)(=O)[O-])cc2)c([O-])c1N=Nc1cc([N+](=O)[O-])ccc1[O-].[Co+3].[Na+].[Na+].[Na+]. The van der Waals surface area contributed by atoms with Crippen LogP contribution >= 0.6 is 0 Å². The van der Waals surface area contributed by atoms with E-state index in [1.165, 1.54) is 38.1 Å². The number of aromatic nitrogens is 4. The van der Waals surface area contributed by atoms with Gasteiger partial charge in [0.25, 0.3) is 27.1 Å².